The molecule has 0 bridgehead atoms. The van der Waals surface area contributed by atoms with Crippen molar-refractivity contribution in [2.24, 2.45) is 0 Å². The molecule has 146 valence electrons. The SMILES string of the molecule is CN(Cc1ccc(N(C)C)cc1)C(=O)c1cnc(OCC(F)(F)F)c(Cl)c1. The first-order valence-corrected chi connectivity index (χ1v) is 8.31. The van der Waals surface area contributed by atoms with Gasteiger partial charge in [0.1, 0.15) is 5.02 Å². The zero-order valence-corrected chi connectivity index (χ0v) is 15.8. The van der Waals surface area contributed by atoms with Gasteiger partial charge in [0.2, 0.25) is 5.88 Å². The Morgan fingerprint density at radius 1 is 1.19 bits per heavy atom. The van der Waals surface area contributed by atoms with Gasteiger partial charge in [0.25, 0.3) is 5.91 Å². The molecule has 0 unspecified atom stereocenters. The van der Waals surface area contributed by atoms with Crippen molar-refractivity contribution in [2.75, 3.05) is 32.6 Å². The summed E-state index contributed by atoms with van der Waals surface area (Å²) in [6.45, 7) is -1.15. The Morgan fingerprint density at radius 3 is 2.33 bits per heavy atom. The third-order valence-corrected chi connectivity index (χ3v) is 3.92. The van der Waals surface area contributed by atoms with Crippen LogP contribution in [0.5, 0.6) is 5.88 Å². The largest absolute Gasteiger partial charge is 0.467 e. The van der Waals surface area contributed by atoms with Crippen molar-refractivity contribution in [3.05, 3.63) is 52.7 Å². The molecule has 2 aromatic rings. The first-order valence-electron chi connectivity index (χ1n) is 7.93. The maximum Gasteiger partial charge on any atom is 0.422 e. The molecule has 0 radical (unpaired) electrons. The highest BCUT2D eigenvalue weighted by Gasteiger charge is 2.29. The van der Waals surface area contributed by atoms with Gasteiger partial charge in [0.05, 0.1) is 5.56 Å². The number of ether oxygens (including phenoxy) is 1. The summed E-state index contributed by atoms with van der Waals surface area (Å²) >= 11 is 5.88. The van der Waals surface area contributed by atoms with Gasteiger partial charge in [-0.1, -0.05) is 23.7 Å². The summed E-state index contributed by atoms with van der Waals surface area (Å²) in [6.07, 6.45) is -3.35. The predicted molar refractivity (Wildman–Crippen MR) is 97.4 cm³/mol. The Balaban J connectivity index is 2.04. The van der Waals surface area contributed by atoms with E-state index in [1.807, 2.05) is 43.3 Å². The number of halogens is 4. The summed E-state index contributed by atoms with van der Waals surface area (Å²) in [7, 11) is 5.48. The van der Waals surface area contributed by atoms with Gasteiger partial charge in [-0.05, 0) is 23.8 Å². The number of aromatic nitrogens is 1. The van der Waals surface area contributed by atoms with E-state index in [1.54, 1.807) is 7.05 Å². The number of alkyl halides is 3. The normalized spacial score (nSPS) is 11.2. The maximum absolute atomic E-state index is 12.5. The minimum Gasteiger partial charge on any atom is -0.467 e. The van der Waals surface area contributed by atoms with Gasteiger partial charge in [-0.15, -0.1) is 0 Å². The zero-order valence-electron chi connectivity index (χ0n) is 15.0. The topological polar surface area (TPSA) is 45.7 Å². The van der Waals surface area contributed by atoms with Crippen LogP contribution in [0.2, 0.25) is 5.02 Å². The lowest BCUT2D eigenvalue weighted by atomic mass is 10.1. The van der Waals surface area contributed by atoms with Crippen LogP contribution in [0.25, 0.3) is 0 Å². The van der Waals surface area contributed by atoms with Crippen LogP contribution >= 0.6 is 11.6 Å². The molecule has 0 spiro atoms. The van der Waals surface area contributed by atoms with E-state index in [4.69, 9.17) is 11.6 Å². The molecular weight excluding hydrogens is 383 g/mol. The molecule has 1 amide bonds. The van der Waals surface area contributed by atoms with E-state index in [-0.39, 0.29) is 22.4 Å². The summed E-state index contributed by atoms with van der Waals surface area (Å²) in [5.74, 6) is -0.726. The van der Waals surface area contributed by atoms with Gasteiger partial charge in [-0.3, -0.25) is 4.79 Å². The lowest BCUT2D eigenvalue weighted by Crippen LogP contribution is -2.26. The summed E-state index contributed by atoms with van der Waals surface area (Å²) in [6, 6.07) is 8.96. The number of amides is 1. The van der Waals surface area contributed by atoms with Crippen LogP contribution < -0.4 is 9.64 Å². The summed E-state index contributed by atoms with van der Waals surface area (Å²) in [4.78, 5) is 19.7. The van der Waals surface area contributed by atoms with Crippen molar-refractivity contribution < 1.29 is 22.7 Å². The first-order chi connectivity index (χ1) is 12.6. The van der Waals surface area contributed by atoms with Crippen LogP contribution in [-0.2, 0) is 6.54 Å². The number of nitrogens with zero attached hydrogens (tertiary/aromatic N) is 3. The second-order valence-electron chi connectivity index (χ2n) is 6.14. The molecule has 0 saturated heterocycles. The molecule has 0 aliphatic carbocycles. The van der Waals surface area contributed by atoms with E-state index in [9.17, 15) is 18.0 Å². The van der Waals surface area contributed by atoms with Crippen molar-refractivity contribution in [3.8, 4) is 5.88 Å². The van der Waals surface area contributed by atoms with Crippen molar-refractivity contribution in [2.45, 2.75) is 12.7 Å². The van der Waals surface area contributed by atoms with Crippen molar-refractivity contribution in [3.63, 3.8) is 0 Å². The van der Waals surface area contributed by atoms with E-state index in [0.717, 1.165) is 17.4 Å². The van der Waals surface area contributed by atoms with Gasteiger partial charge in [-0.25, -0.2) is 4.98 Å². The molecule has 0 fully saturated rings. The van der Waals surface area contributed by atoms with E-state index >= 15 is 0 Å². The number of carbonyl (C=O) groups excluding carboxylic acids is 1. The summed E-state index contributed by atoms with van der Waals surface area (Å²) < 4.78 is 41.1. The number of anilines is 1. The Bertz CT molecular complexity index is 795. The fourth-order valence-electron chi connectivity index (χ4n) is 2.26. The van der Waals surface area contributed by atoms with Crippen molar-refractivity contribution in [1.29, 1.82) is 0 Å². The maximum atomic E-state index is 12.5. The third kappa shape index (κ3) is 6.02. The highest BCUT2D eigenvalue weighted by molar-refractivity contribution is 6.32. The molecule has 0 aliphatic rings. The molecule has 0 aliphatic heterocycles. The number of benzene rings is 1. The molecule has 9 heteroatoms. The monoisotopic (exact) mass is 401 g/mol. The van der Waals surface area contributed by atoms with Crippen molar-refractivity contribution >= 4 is 23.2 Å². The van der Waals surface area contributed by atoms with Gasteiger partial charge in [0.15, 0.2) is 6.61 Å². The zero-order chi connectivity index (χ0) is 20.2. The minimum absolute atomic E-state index is 0.158. The molecule has 2 rings (SSSR count). The van der Waals surface area contributed by atoms with Gasteiger partial charge < -0.3 is 14.5 Å². The Kier molecular flexibility index (Phi) is 6.54. The van der Waals surface area contributed by atoms with Crippen molar-refractivity contribution in [1.82, 2.24) is 9.88 Å². The highest BCUT2D eigenvalue weighted by atomic mass is 35.5. The fourth-order valence-corrected chi connectivity index (χ4v) is 2.49. The van der Waals surface area contributed by atoms with Gasteiger partial charge in [-0.2, -0.15) is 13.2 Å². The van der Waals surface area contributed by atoms with Crippen LogP contribution in [0.4, 0.5) is 18.9 Å². The number of rotatable bonds is 6. The van der Waals surface area contributed by atoms with Crippen LogP contribution in [0, 0.1) is 0 Å². The van der Waals surface area contributed by atoms with E-state index in [0.29, 0.717) is 6.54 Å². The summed E-state index contributed by atoms with van der Waals surface area (Å²) in [5, 5.41) is -0.158. The quantitative estimate of drug-likeness (QED) is 0.733. The van der Waals surface area contributed by atoms with E-state index in [2.05, 4.69) is 9.72 Å². The third-order valence-electron chi connectivity index (χ3n) is 3.65. The lowest BCUT2D eigenvalue weighted by Gasteiger charge is -2.19. The van der Waals surface area contributed by atoms with Crippen LogP contribution in [0.3, 0.4) is 0 Å². The smallest absolute Gasteiger partial charge is 0.422 e. The van der Waals surface area contributed by atoms with Crippen LogP contribution in [0.1, 0.15) is 15.9 Å². The molecule has 1 aromatic heterocycles. The second kappa shape index (κ2) is 8.47. The van der Waals surface area contributed by atoms with E-state index in [1.165, 1.54) is 11.0 Å². The highest BCUT2D eigenvalue weighted by Crippen LogP contribution is 2.25. The average Bonchev–Trinajstić information content (AvgIpc) is 2.59. The van der Waals surface area contributed by atoms with Crippen LogP contribution in [-0.4, -0.2) is 49.7 Å². The van der Waals surface area contributed by atoms with Gasteiger partial charge in [0, 0.05) is 39.6 Å². The number of carbonyl (C=O) groups is 1. The number of hydrogen-bond acceptors (Lipinski definition) is 4. The average molecular weight is 402 g/mol. The summed E-state index contributed by atoms with van der Waals surface area (Å²) in [5.41, 5.74) is 2.13. The molecular formula is C18H19ClF3N3O2. The fraction of sp³-hybridized carbons (Fsp3) is 0.333. The number of pyridine rings is 1. The second-order valence-corrected chi connectivity index (χ2v) is 6.54. The molecule has 5 nitrogen and oxygen atoms in total. The molecule has 0 saturated carbocycles. The number of hydrogen-bond donors (Lipinski definition) is 0. The molecule has 27 heavy (non-hydrogen) atoms. The Labute approximate surface area is 160 Å². The predicted octanol–water partition coefficient (Wildman–Crippen LogP) is 4.01. The van der Waals surface area contributed by atoms with Gasteiger partial charge >= 0.3 is 6.18 Å². The van der Waals surface area contributed by atoms with E-state index < -0.39 is 12.8 Å². The van der Waals surface area contributed by atoms with Crippen LogP contribution in [0.15, 0.2) is 36.5 Å². The molecule has 0 atom stereocenters. The minimum atomic E-state index is -4.50. The Morgan fingerprint density at radius 2 is 1.81 bits per heavy atom. The standard InChI is InChI=1S/C18H19ClF3N3O2/c1-24(2)14-6-4-12(5-7-14)10-25(3)17(26)13-8-15(19)16(23-9-13)27-11-18(20,21)22/h4-9H,10-11H2,1-3H3. The molecule has 0 N–H and O–H groups in total. The first kappa shape index (κ1) is 20.8. The molecule has 1 heterocycles. The Hall–Kier alpha value is -2.48. The molecule has 1 aromatic carbocycles. The lowest BCUT2D eigenvalue weighted by molar-refractivity contribution is -0.154.